The molecule has 0 aromatic heterocycles. The zero-order valence-electron chi connectivity index (χ0n) is 9.68. The van der Waals surface area contributed by atoms with Crippen LogP contribution in [-0.4, -0.2) is 25.0 Å². The van der Waals surface area contributed by atoms with Crippen LogP contribution in [0.5, 0.6) is 0 Å². The fraction of sp³-hybridized carbons (Fsp3) is 0.333. The lowest BCUT2D eigenvalue weighted by Crippen LogP contribution is -2.50. The van der Waals surface area contributed by atoms with Crippen LogP contribution < -0.4 is 0 Å². The second-order valence-corrected chi connectivity index (χ2v) is 4.64. The van der Waals surface area contributed by atoms with Gasteiger partial charge in [-0.05, 0) is 23.8 Å². The molecule has 3 nitrogen and oxygen atoms in total. The molecule has 0 amide bonds. The monoisotopic (exact) mass is 292 g/mol. The summed E-state index contributed by atoms with van der Waals surface area (Å²) in [5, 5.41) is 0.203. The highest BCUT2D eigenvalue weighted by Gasteiger charge is 2.69. The predicted molar refractivity (Wildman–Crippen MR) is 60.0 cm³/mol. The van der Waals surface area contributed by atoms with Crippen molar-refractivity contribution in [2.75, 3.05) is 7.11 Å². The number of methoxy groups -OCH3 is 1. The Morgan fingerprint density at radius 3 is 2.58 bits per heavy atom. The smallest absolute Gasteiger partial charge is 0.412 e. The van der Waals surface area contributed by atoms with Gasteiger partial charge in [0.1, 0.15) is 0 Å². The predicted octanol–water partition coefficient (Wildman–Crippen LogP) is 2.80. The van der Waals surface area contributed by atoms with Crippen LogP contribution in [0.3, 0.4) is 0 Å². The molecule has 7 heteroatoms. The van der Waals surface area contributed by atoms with E-state index >= 15 is 0 Å². The Morgan fingerprint density at radius 2 is 2.05 bits per heavy atom. The van der Waals surface area contributed by atoms with Crippen molar-refractivity contribution >= 4 is 23.4 Å². The number of ether oxygens (including phenoxy) is 1. The van der Waals surface area contributed by atoms with Gasteiger partial charge in [0, 0.05) is 17.0 Å². The molecular formula is C12H8ClF3O3. The number of hydrogen-bond acceptors (Lipinski definition) is 3. The molecule has 2 rings (SSSR count). The highest BCUT2D eigenvalue weighted by molar-refractivity contribution is 6.31. The molecule has 1 aliphatic rings. The molecule has 0 bridgehead atoms. The van der Waals surface area contributed by atoms with Crippen molar-refractivity contribution < 1.29 is 27.5 Å². The van der Waals surface area contributed by atoms with Crippen LogP contribution in [0.25, 0.3) is 0 Å². The Balaban J connectivity index is 2.63. The highest BCUT2D eigenvalue weighted by atomic mass is 35.5. The largest absolute Gasteiger partial charge is 0.468 e. The number of ketones is 1. The topological polar surface area (TPSA) is 43.4 Å². The van der Waals surface area contributed by atoms with Crippen molar-refractivity contribution in [3.05, 3.63) is 34.3 Å². The van der Waals surface area contributed by atoms with E-state index in [1.54, 1.807) is 0 Å². The third-order valence-electron chi connectivity index (χ3n) is 3.17. The zero-order chi connectivity index (χ0) is 14.4. The Bertz CT molecular complexity index is 568. The molecule has 0 fully saturated rings. The van der Waals surface area contributed by atoms with Crippen LogP contribution in [0.1, 0.15) is 15.9 Å². The molecule has 0 saturated carbocycles. The number of hydrogen-bond donors (Lipinski definition) is 0. The summed E-state index contributed by atoms with van der Waals surface area (Å²) in [5.74, 6) is -2.89. The number of carbonyl (C=O) groups excluding carboxylic acids is 2. The van der Waals surface area contributed by atoms with E-state index < -0.39 is 29.8 Å². The van der Waals surface area contributed by atoms with Gasteiger partial charge in [0.15, 0.2) is 5.78 Å². The SMILES string of the molecule is COC(=O)C1(C(F)(F)F)Cc2cc(Cl)ccc2C1=O. The summed E-state index contributed by atoms with van der Waals surface area (Å²) in [7, 11) is 0.819. The van der Waals surface area contributed by atoms with Gasteiger partial charge in [-0.2, -0.15) is 13.2 Å². The summed E-state index contributed by atoms with van der Waals surface area (Å²) in [6, 6.07) is 3.75. The Hall–Kier alpha value is -1.56. The van der Waals surface area contributed by atoms with E-state index in [0.717, 1.165) is 7.11 Å². The molecular weight excluding hydrogens is 285 g/mol. The van der Waals surface area contributed by atoms with E-state index in [9.17, 15) is 22.8 Å². The molecule has 0 N–H and O–H groups in total. The van der Waals surface area contributed by atoms with Crippen molar-refractivity contribution in [3.8, 4) is 0 Å². The highest BCUT2D eigenvalue weighted by Crippen LogP contribution is 2.49. The van der Waals surface area contributed by atoms with E-state index in [0.29, 0.717) is 0 Å². The maximum Gasteiger partial charge on any atom is 0.412 e. The first-order chi connectivity index (χ1) is 8.74. The summed E-state index contributed by atoms with van der Waals surface area (Å²) >= 11 is 5.68. The zero-order valence-corrected chi connectivity index (χ0v) is 10.4. The molecule has 1 aromatic carbocycles. The first kappa shape index (κ1) is 13.9. The number of esters is 1. The summed E-state index contributed by atoms with van der Waals surface area (Å²) in [4.78, 5) is 23.6. The summed E-state index contributed by atoms with van der Waals surface area (Å²) in [5.41, 5.74) is -3.21. The van der Waals surface area contributed by atoms with Crippen molar-refractivity contribution in [2.45, 2.75) is 12.6 Å². The molecule has 0 aliphatic heterocycles. The summed E-state index contributed by atoms with van der Waals surface area (Å²) in [6.45, 7) is 0. The Kier molecular flexibility index (Phi) is 3.09. The number of Topliss-reactive ketones (excluding diaryl/α,β-unsaturated/α-hetero) is 1. The maximum absolute atomic E-state index is 13.2. The van der Waals surface area contributed by atoms with E-state index in [-0.39, 0.29) is 16.1 Å². The molecule has 1 aromatic rings. The first-order valence-corrected chi connectivity index (χ1v) is 5.60. The fourth-order valence-corrected chi connectivity index (χ4v) is 2.40. The Labute approximate surface area is 111 Å². The van der Waals surface area contributed by atoms with Gasteiger partial charge < -0.3 is 4.74 Å². The molecule has 1 aliphatic carbocycles. The second-order valence-electron chi connectivity index (χ2n) is 4.20. The van der Waals surface area contributed by atoms with Crippen LogP contribution >= 0.6 is 11.6 Å². The Morgan fingerprint density at radius 1 is 1.42 bits per heavy atom. The molecule has 0 spiro atoms. The van der Waals surface area contributed by atoms with E-state index in [1.165, 1.54) is 18.2 Å². The third-order valence-corrected chi connectivity index (χ3v) is 3.41. The van der Waals surface area contributed by atoms with Gasteiger partial charge in [0.25, 0.3) is 0 Å². The molecule has 0 heterocycles. The lowest BCUT2D eigenvalue weighted by Gasteiger charge is -2.26. The summed E-state index contributed by atoms with van der Waals surface area (Å²) in [6.07, 6.45) is -5.80. The average molecular weight is 293 g/mol. The number of alkyl halides is 3. The third kappa shape index (κ3) is 1.82. The average Bonchev–Trinajstić information content (AvgIpc) is 2.61. The number of halogens is 4. The van der Waals surface area contributed by atoms with Crippen LogP contribution in [0.2, 0.25) is 5.02 Å². The lowest BCUT2D eigenvalue weighted by atomic mass is 9.83. The van der Waals surface area contributed by atoms with Crippen molar-refractivity contribution in [3.63, 3.8) is 0 Å². The van der Waals surface area contributed by atoms with Crippen LogP contribution in [-0.2, 0) is 16.0 Å². The van der Waals surface area contributed by atoms with E-state index in [2.05, 4.69) is 4.74 Å². The molecule has 1 atom stereocenters. The first-order valence-electron chi connectivity index (χ1n) is 5.22. The van der Waals surface area contributed by atoms with Crippen molar-refractivity contribution in [2.24, 2.45) is 5.41 Å². The quantitative estimate of drug-likeness (QED) is 0.590. The maximum atomic E-state index is 13.2. The van der Waals surface area contributed by atoms with Gasteiger partial charge in [-0.3, -0.25) is 9.59 Å². The van der Waals surface area contributed by atoms with Gasteiger partial charge in [-0.1, -0.05) is 11.6 Å². The molecule has 0 saturated heterocycles. The van der Waals surface area contributed by atoms with Crippen molar-refractivity contribution in [1.29, 1.82) is 0 Å². The van der Waals surface area contributed by atoms with Gasteiger partial charge >= 0.3 is 12.1 Å². The van der Waals surface area contributed by atoms with E-state index in [1.807, 2.05) is 0 Å². The van der Waals surface area contributed by atoms with E-state index in [4.69, 9.17) is 11.6 Å². The number of benzene rings is 1. The second kappa shape index (κ2) is 4.23. The summed E-state index contributed by atoms with van der Waals surface area (Å²) < 4.78 is 43.8. The van der Waals surface area contributed by atoms with Gasteiger partial charge in [-0.15, -0.1) is 0 Å². The number of carbonyl (C=O) groups is 2. The van der Waals surface area contributed by atoms with Crippen LogP contribution in [0.4, 0.5) is 13.2 Å². The minimum absolute atomic E-state index is 0.0974. The van der Waals surface area contributed by atoms with Gasteiger partial charge in [-0.25, -0.2) is 0 Å². The molecule has 102 valence electrons. The fourth-order valence-electron chi connectivity index (χ4n) is 2.21. The molecule has 0 radical (unpaired) electrons. The number of fused-ring (bicyclic) bond motifs is 1. The minimum atomic E-state index is -5.03. The van der Waals surface area contributed by atoms with Crippen molar-refractivity contribution in [1.82, 2.24) is 0 Å². The molecule has 1 unspecified atom stereocenters. The normalized spacial score (nSPS) is 22.3. The van der Waals surface area contributed by atoms with Gasteiger partial charge in [0.2, 0.25) is 5.41 Å². The molecule has 19 heavy (non-hydrogen) atoms. The van der Waals surface area contributed by atoms with Crippen LogP contribution in [0.15, 0.2) is 18.2 Å². The number of rotatable bonds is 1. The lowest BCUT2D eigenvalue weighted by molar-refractivity contribution is -0.215. The van der Waals surface area contributed by atoms with Crippen LogP contribution in [0, 0.1) is 5.41 Å². The minimum Gasteiger partial charge on any atom is -0.468 e. The standard InChI is InChI=1S/C12H8ClF3O3/c1-19-10(18)11(12(14,15)16)5-6-4-7(13)2-3-8(6)9(11)17/h2-4H,5H2,1H3. The van der Waals surface area contributed by atoms with Gasteiger partial charge in [0.05, 0.1) is 7.11 Å².